The molecule has 1 saturated heterocycles. The highest BCUT2D eigenvalue weighted by atomic mass is 16.5. The van der Waals surface area contributed by atoms with E-state index >= 15 is 0 Å². The number of nitrogens with two attached hydrogens (primary N) is 1. The number of ether oxygens (including phenoxy) is 1. The van der Waals surface area contributed by atoms with Crippen LogP contribution in [0.1, 0.15) is 13.3 Å². The summed E-state index contributed by atoms with van der Waals surface area (Å²) in [6, 6.07) is 0. The van der Waals surface area contributed by atoms with Crippen LogP contribution in [0.5, 0.6) is 0 Å². The minimum absolute atomic E-state index is 0.230. The number of aromatic nitrogens is 2. The molecule has 1 aromatic rings. The SMILES string of the molecule is CC1CN(c2ncc(N)cn2)CCCO1. The first kappa shape index (κ1) is 10.2. The van der Waals surface area contributed by atoms with Crippen molar-refractivity contribution in [2.75, 3.05) is 30.3 Å². The molecule has 1 aromatic heterocycles. The lowest BCUT2D eigenvalue weighted by Crippen LogP contribution is -2.31. The quantitative estimate of drug-likeness (QED) is 0.735. The van der Waals surface area contributed by atoms with Gasteiger partial charge in [-0.2, -0.15) is 0 Å². The summed E-state index contributed by atoms with van der Waals surface area (Å²) in [6.45, 7) is 4.65. The van der Waals surface area contributed by atoms with E-state index in [4.69, 9.17) is 10.5 Å². The molecule has 2 rings (SSSR count). The Morgan fingerprint density at radius 3 is 2.93 bits per heavy atom. The summed E-state index contributed by atoms with van der Waals surface area (Å²) in [4.78, 5) is 10.6. The highest BCUT2D eigenvalue weighted by Crippen LogP contribution is 2.12. The zero-order valence-electron chi connectivity index (χ0n) is 8.89. The molecule has 0 aromatic carbocycles. The van der Waals surface area contributed by atoms with Crippen LogP contribution in [0.2, 0.25) is 0 Å². The third-order valence-electron chi connectivity index (χ3n) is 2.39. The van der Waals surface area contributed by atoms with Gasteiger partial charge in [0, 0.05) is 19.7 Å². The lowest BCUT2D eigenvalue weighted by Gasteiger charge is -2.21. The van der Waals surface area contributed by atoms with Crippen molar-refractivity contribution in [1.82, 2.24) is 9.97 Å². The van der Waals surface area contributed by atoms with Gasteiger partial charge in [0.05, 0.1) is 24.2 Å². The van der Waals surface area contributed by atoms with Crippen LogP contribution < -0.4 is 10.6 Å². The zero-order chi connectivity index (χ0) is 10.7. The smallest absolute Gasteiger partial charge is 0.225 e. The van der Waals surface area contributed by atoms with E-state index in [9.17, 15) is 0 Å². The number of anilines is 2. The molecule has 0 saturated carbocycles. The van der Waals surface area contributed by atoms with Crippen LogP contribution in [0.4, 0.5) is 11.6 Å². The third-order valence-corrected chi connectivity index (χ3v) is 2.39. The summed E-state index contributed by atoms with van der Waals surface area (Å²) in [5.74, 6) is 0.738. The van der Waals surface area contributed by atoms with Crippen molar-refractivity contribution in [3.63, 3.8) is 0 Å². The van der Waals surface area contributed by atoms with Crippen LogP contribution in [-0.4, -0.2) is 35.8 Å². The largest absolute Gasteiger partial charge is 0.396 e. The second-order valence-electron chi connectivity index (χ2n) is 3.80. The summed E-state index contributed by atoms with van der Waals surface area (Å²) in [6.07, 6.45) is 4.52. The Morgan fingerprint density at radius 1 is 1.47 bits per heavy atom. The topological polar surface area (TPSA) is 64.3 Å². The Morgan fingerprint density at radius 2 is 2.20 bits per heavy atom. The summed E-state index contributed by atoms with van der Waals surface area (Å²) in [5, 5.41) is 0. The van der Waals surface area contributed by atoms with E-state index in [0.717, 1.165) is 32.1 Å². The molecule has 15 heavy (non-hydrogen) atoms. The molecule has 1 unspecified atom stereocenters. The van der Waals surface area contributed by atoms with Crippen LogP contribution in [0.3, 0.4) is 0 Å². The molecule has 5 nitrogen and oxygen atoms in total. The summed E-state index contributed by atoms with van der Waals surface area (Å²) in [7, 11) is 0. The van der Waals surface area contributed by atoms with Gasteiger partial charge in [0.2, 0.25) is 5.95 Å². The van der Waals surface area contributed by atoms with Crippen molar-refractivity contribution in [3.05, 3.63) is 12.4 Å². The fourth-order valence-corrected chi connectivity index (χ4v) is 1.67. The normalized spacial score (nSPS) is 22.5. The molecule has 0 aliphatic carbocycles. The minimum atomic E-state index is 0.230. The summed E-state index contributed by atoms with van der Waals surface area (Å²) < 4.78 is 5.56. The fourth-order valence-electron chi connectivity index (χ4n) is 1.67. The number of nitrogen functional groups attached to an aromatic ring is 1. The first-order valence-electron chi connectivity index (χ1n) is 5.20. The summed E-state index contributed by atoms with van der Waals surface area (Å²) >= 11 is 0. The molecular weight excluding hydrogens is 192 g/mol. The van der Waals surface area contributed by atoms with Crippen molar-refractivity contribution in [1.29, 1.82) is 0 Å². The lowest BCUT2D eigenvalue weighted by atomic mass is 10.3. The van der Waals surface area contributed by atoms with Gasteiger partial charge in [-0.15, -0.1) is 0 Å². The highest BCUT2D eigenvalue weighted by Gasteiger charge is 2.16. The first-order valence-corrected chi connectivity index (χ1v) is 5.20. The Bertz CT molecular complexity index is 314. The predicted molar refractivity (Wildman–Crippen MR) is 58.7 cm³/mol. The maximum Gasteiger partial charge on any atom is 0.225 e. The third kappa shape index (κ3) is 2.56. The van der Waals surface area contributed by atoms with Gasteiger partial charge in [-0.25, -0.2) is 9.97 Å². The Labute approximate surface area is 89.3 Å². The monoisotopic (exact) mass is 208 g/mol. The van der Waals surface area contributed by atoms with Crippen molar-refractivity contribution < 1.29 is 4.74 Å². The van der Waals surface area contributed by atoms with Crippen LogP contribution in [0, 0.1) is 0 Å². The van der Waals surface area contributed by atoms with Crippen LogP contribution in [-0.2, 0) is 4.74 Å². The van der Waals surface area contributed by atoms with Gasteiger partial charge in [-0.1, -0.05) is 0 Å². The van der Waals surface area contributed by atoms with E-state index < -0.39 is 0 Å². The van der Waals surface area contributed by atoms with E-state index in [-0.39, 0.29) is 6.10 Å². The molecule has 0 spiro atoms. The predicted octanol–water partition coefficient (Wildman–Crippen LogP) is 0.674. The number of rotatable bonds is 1. The lowest BCUT2D eigenvalue weighted by molar-refractivity contribution is 0.0820. The van der Waals surface area contributed by atoms with Crippen molar-refractivity contribution in [2.45, 2.75) is 19.4 Å². The molecule has 1 aliphatic rings. The van der Waals surface area contributed by atoms with E-state index in [1.54, 1.807) is 12.4 Å². The van der Waals surface area contributed by atoms with Gasteiger partial charge in [0.1, 0.15) is 0 Å². The van der Waals surface area contributed by atoms with Gasteiger partial charge >= 0.3 is 0 Å². The van der Waals surface area contributed by atoms with Gasteiger partial charge < -0.3 is 15.4 Å². The number of hydrogen-bond donors (Lipinski definition) is 1. The van der Waals surface area contributed by atoms with Crippen LogP contribution in [0.15, 0.2) is 12.4 Å². The maximum atomic E-state index is 5.56. The fraction of sp³-hybridized carbons (Fsp3) is 0.600. The van der Waals surface area contributed by atoms with E-state index in [2.05, 4.69) is 21.8 Å². The molecule has 5 heteroatoms. The second-order valence-corrected chi connectivity index (χ2v) is 3.80. The van der Waals surface area contributed by atoms with Crippen LogP contribution >= 0.6 is 0 Å². The standard InChI is InChI=1S/C10H16N4O/c1-8-7-14(3-2-4-15-8)10-12-5-9(11)6-13-10/h5-6,8H,2-4,7,11H2,1H3. The molecule has 1 aliphatic heterocycles. The molecule has 2 N–H and O–H groups in total. The van der Waals surface area contributed by atoms with Gasteiger partial charge in [0.25, 0.3) is 0 Å². The van der Waals surface area contributed by atoms with E-state index in [1.165, 1.54) is 0 Å². The van der Waals surface area contributed by atoms with E-state index in [0.29, 0.717) is 5.69 Å². The number of nitrogens with zero attached hydrogens (tertiary/aromatic N) is 3. The van der Waals surface area contributed by atoms with Gasteiger partial charge in [-0.3, -0.25) is 0 Å². The zero-order valence-corrected chi connectivity index (χ0v) is 8.89. The van der Waals surface area contributed by atoms with Crippen molar-refractivity contribution >= 4 is 11.6 Å². The van der Waals surface area contributed by atoms with Crippen molar-refractivity contribution in [3.8, 4) is 0 Å². The average Bonchev–Trinajstić information content (AvgIpc) is 2.44. The van der Waals surface area contributed by atoms with Crippen LogP contribution in [0.25, 0.3) is 0 Å². The molecule has 0 amide bonds. The molecule has 1 atom stereocenters. The molecule has 0 bridgehead atoms. The minimum Gasteiger partial charge on any atom is -0.396 e. The molecule has 0 radical (unpaired) electrons. The van der Waals surface area contributed by atoms with Gasteiger partial charge in [-0.05, 0) is 13.3 Å². The highest BCUT2D eigenvalue weighted by molar-refractivity contribution is 5.37. The molecule has 1 fully saturated rings. The van der Waals surface area contributed by atoms with Gasteiger partial charge in [0.15, 0.2) is 0 Å². The Hall–Kier alpha value is -1.36. The van der Waals surface area contributed by atoms with E-state index in [1.807, 2.05) is 0 Å². The summed E-state index contributed by atoms with van der Waals surface area (Å²) in [5.41, 5.74) is 6.14. The molecular formula is C10H16N4O. The molecule has 2 heterocycles. The van der Waals surface area contributed by atoms with Crippen molar-refractivity contribution in [2.24, 2.45) is 0 Å². The maximum absolute atomic E-state index is 5.56. The Kier molecular flexibility index (Phi) is 3.01. The Balaban J connectivity index is 2.11. The molecule has 82 valence electrons. The second kappa shape index (κ2) is 4.44. The first-order chi connectivity index (χ1) is 7.25. The average molecular weight is 208 g/mol. The number of hydrogen-bond acceptors (Lipinski definition) is 5.